The summed E-state index contributed by atoms with van der Waals surface area (Å²) in [6.07, 6.45) is 5.18. The number of carbonyl (C=O) groups excluding carboxylic acids is 1. The first kappa shape index (κ1) is 11.1. The Kier molecular flexibility index (Phi) is 3.19. The van der Waals surface area contributed by atoms with Crippen molar-refractivity contribution in [2.45, 2.75) is 38.4 Å². The number of hydrogen-bond acceptors (Lipinski definition) is 4. The van der Waals surface area contributed by atoms with Gasteiger partial charge in [-0.15, -0.1) is 5.10 Å². The van der Waals surface area contributed by atoms with Crippen LogP contribution in [0.4, 0.5) is 0 Å². The topological polar surface area (TPSA) is 77.0 Å². The summed E-state index contributed by atoms with van der Waals surface area (Å²) < 4.78 is 1.54. The van der Waals surface area contributed by atoms with Gasteiger partial charge in [-0.2, -0.15) is 0 Å². The summed E-state index contributed by atoms with van der Waals surface area (Å²) in [5, 5.41) is 7.70. The monoisotopic (exact) mass is 223 g/mol. The van der Waals surface area contributed by atoms with Crippen LogP contribution in [0, 0.1) is 0 Å². The zero-order valence-corrected chi connectivity index (χ0v) is 9.46. The predicted molar refractivity (Wildman–Crippen MR) is 58.3 cm³/mol. The number of nitrogens with two attached hydrogens (primary N) is 1. The van der Waals surface area contributed by atoms with Gasteiger partial charge in [-0.25, -0.2) is 4.68 Å². The van der Waals surface area contributed by atoms with Crippen LogP contribution in [0.15, 0.2) is 6.20 Å². The molecule has 0 spiro atoms. The standard InChI is InChI=1S/C10H17N5O/c1-14(9-3-2-4-9)10(16)7-15-6-8(5-11)12-13-15/h6,9H,2-5,7,11H2,1H3. The van der Waals surface area contributed by atoms with Crippen LogP contribution < -0.4 is 5.73 Å². The molecule has 1 aliphatic carbocycles. The normalized spacial score (nSPS) is 15.9. The molecule has 1 saturated carbocycles. The molecule has 1 heterocycles. The number of hydrogen-bond donors (Lipinski definition) is 1. The minimum atomic E-state index is 0.0816. The van der Waals surface area contributed by atoms with Gasteiger partial charge in [0.25, 0.3) is 0 Å². The van der Waals surface area contributed by atoms with E-state index in [2.05, 4.69) is 10.3 Å². The van der Waals surface area contributed by atoms with Crippen molar-refractivity contribution in [1.29, 1.82) is 0 Å². The Morgan fingerprint density at radius 3 is 2.94 bits per heavy atom. The third-order valence-corrected chi connectivity index (χ3v) is 3.11. The molecule has 0 aliphatic heterocycles. The molecular weight excluding hydrogens is 206 g/mol. The Morgan fingerprint density at radius 1 is 1.69 bits per heavy atom. The van der Waals surface area contributed by atoms with Crippen LogP contribution in [0.25, 0.3) is 0 Å². The molecule has 1 aromatic rings. The van der Waals surface area contributed by atoms with E-state index < -0.39 is 0 Å². The van der Waals surface area contributed by atoms with Gasteiger partial charge in [0.15, 0.2) is 0 Å². The highest BCUT2D eigenvalue weighted by Gasteiger charge is 2.25. The number of aromatic nitrogens is 3. The van der Waals surface area contributed by atoms with E-state index in [1.54, 1.807) is 10.9 Å². The zero-order valence-electron chi connectivity index (χ0n) is 9.46. The van der Waals surface area contributed by atoms with Crippen molar-refractivity contribution in [1.82, 2.24) is 19.9 Å². The van der Waals surface area contributed by atoms with E-state index in [1.807, 2.05) is 11.9 Å². The van der Waals surface area contributed by atoms with E-state index in [-0.39, 0.29) is 12.5 Å². The van der Waals surface area contributed by atoms with Crippen molar-refractivity contribution >= 4 is 5.91 Å². The van der Waals surface area contributed by atoms with Crippen molar-refractivity contribution in [2.75, 3.05) is 7.05 Å². The lowest BCUT2D eigenvalue weighted by molar-refractivity contribution is -0.134. The molecule has 2 rings (SSSR count). The molecule has 16 heavy (non-hydrogen) atoms. The minimum Gasteiger partial charge on any atom is -0.341 e. The number of amides is 1. The highest BCUT2D eigenvalue weighted by Crippen LogP contribution is 2.23. The molecule has 1 amide bonds. The molecule has 0 atom stereocenters. The fourth-order valence-electron chi connectivity index (χ4n) is 1.74. The number of likely N-dealkylation sites (N-methyl/N-ethyl adjacent to an activating group) is 1. The summed E-state index contributed by atoms with van der Waals surface area (Å²) in [4.78, 5) is 13.7. The van der Waals surface area contributed by atoms with Crippen molar-refractivity contribution in [3.05, 3.63) is 11.9 Å². The first-order valence-electron chi connectivity index (χ1n) is 5.55. The molecule has 6 nitrogen and oxygen atoms in total. The number of nitrogens with zero attached hydrogens (tertiary/aromatic N) is 4. The maximum Gasteiger partial charge on any atom is 0.244 e. The summed E-state index contributed by atoms with van der Waals surface area (Å²) in [7, 11) is 1.85. The van der Waals surface area contributed by atoms with Crippen molar-refractivity contribution in [3.8, 4) is 0 Å². The van der Waals surface area contributed by atoms with Gasteiger partial charge in [-0.1, -0.05) is 5.21 Å². The van der Waals surface area contributed by atoms with Gasteiger partial charge >= 0.3 is 0 Å². The summed E-state index contributed by atoms with van der Waals surface area (Å²) in [5.74, 6) is 0.0816. The molecule has 0 saturated heterocycles. The highest BCUT2D eigenvalue weighted by molar-refractivity contribution is 5.76. The molecule has 0 aromatic carbocycles. The maximum absolute atomic E-state index is 11.9. The van der Waals surface area contributed by atoms with E-state index in [4.69, 9.17) is 5.73 Å². The molecule has 1 aliphatic rings. The van der Waals surface area contributed by atoms with Gasteiger partial charge in [0.05, 0.1) is 11.9 Å². The first-order valence-corrected chi connectivity index (χ1v) is 5.55. The van der Waals surface area contributed by atoms with Crippen LogP contribution in [0.1, 0.15) is 25.0 Å². The van der Waals surface area contributed by atoms with Crippen LogP contribution in [-0.4, -0.2) is 38.9 Å². The highest BCUT2D eigenvalue weighted by atomic mass is 16.2. The summed E-state index contributed by atoms with van der Waals surface area (Å²) in [5.41, 5.74) is 6.13. The molecule has 1 fully saturated rings. The largest absolute Gasteiger partial charge is 0.341 e. The summed E-state index contributed by atoms with van der Waals surface area (Å²) in [6, 6.07) is 0.421. The van der Waals surface area contributed by atoms with Gasteiger partial charge in [0.1, 0.15) is 6.54 Å². The minimum absolute atomic E-state index is 0.0816. The van der Waals surface area contributed by atoms with Crippen LogP contribution in [0.2, 0.25) is 0 Å². The van der Waals surface area contributed by atoms with Gasteiger partial charge in [-0.3, -0.25) is 4.79 Å². The quantitative estimate of drug-likeness (QED) is 0.763. The molecule has 0 unspecified atom stereocenters. The molecule has 88 valence electrons. The fraction of sp³-hybridized carbons (Fsp3) is 0.700. The second-order valence-corrected chi connectivity index (χ2v) is 4.20. The fourth-order valence-corrected chi connectivity index (χ4v) is 1.74. The Bertz CT molecular complexity index is 371. The van der Waals surface area contributed by atoms with E-state index in [9.17, 15) is 4.79 Å². The van der Waals surface area contributed by atoms with Crippen LogP contribution in [0.3, 0.4) is 0 Å². The average Bonchev–Trinajstić information content (AvgIpc) is 2.62. The second-order valence-electron chi connectivity index (χ2n) is 4.20. The van der Waals surface area contributed by atoms with Crippen molar-refractivity contribution in [2.24, 2.45) is 5.73 Å². The smallest absolute Gasteiger partial charge is 0.244 e. The number of rotatable bonds is 4. The summed E-state index contributed by atoms with van der Waals surface area (Å²) >= 11 is 0. The van der Waals surface area contributed by atoms with Gasteiger partial charge < -0.3 is 10.6 Å². The third-order valence-electron chi connectivity index (χ3n) is 3.11. The van der Waals surface area contributed by atoms with E-state index >= 15 is 0 Å². The average molecular weight is 223 g/mol. The Hall–Kier alpha value is -1.43. The second kappa shape index (κ2) is 4.61. The van der Waals surface area contributed by atoms with Gasteiger partial charge in [-0.05, 0) is 19.3 Å². The third kappa shape index (κ3) is 2.21. The van der Waals surface area contributed by atoms with Crippen molar-refractivity contribution in [3.63, 3.8) is 0 Å². The summed E-state index contributed by atoms with van der Waals surface area (Å²) in [6.45, 7) is 0.604. The lowest BCUT2D eigenvalue weighted by Gasteiger charge is -2.34. The maximum atomic E-state index is 11.9. The van der Waals surface area contributed by atoms with E-state index in [0.29, 0.717) is 18.3 Å². The van der Waals surface area contributed by atoms with Crippen molar-refractivity contribution < 1.29 is 4.79 Å². The SMILES string of the molecule is CN(C(=O)Cn1cc(CN)nn1)C1CCC1. The first-order chi connectivity index (χ1) is 7.70. The van der Waals surface area contributed by atoms with Crippen LogP contribution in [-0.2, 0) is 17.9 Å². The molecule has 0 bridgehead atoms. The molecule has 1 aromatic heterocycles. The molecule has 2 N–H and O–H groups in total. The molecular formula is C10H17N5O. The van der Waals surface area contributed by atoms with Crippen LogP contribution in [0.5, 0.6) is 0 Å². The Morgan fingerprint density at radius 2 is 2.44 bits per heavy atom. The molecule has 6 heteroatoms. The van der Waals surface area contributed by atoms with Gasteiger partial charge in [0, 0.05) is 19.6 Å². The van der Waals surface area contributed by atoms with Gasteiger partial charge in [0.2, 0.25) is 5.91 Å². The predicted octanol–water partition coefficient (Wildman–Crippen LogP) is -0.252. The lowest BCUT2D eigenvalue weighted by atomic mass is 9.92. The Balaban J connectivity index is 1.90. The zero-order chi connectivity index (χ0) is 11.5. The van der Waals surface area contributed by atoms with E-state index in [1.165, 1.54) is 6.42 Å². The lowest BCUT2D eigenvalue weighted by Crippen LogP contribution is -2.42. The van der Waals surface area contributed by atoms with E-state index in [0.717, 1.165) is 12.8 Å². The van der Waals surface area contributed by atoms with Crippen LogP contribution >= 0.6 is 0 Å². The molecule has 0 radical (unpaired) electrons. The Labute approximate surface area is 94.4 Å². The number of carbonyl (C=O) groups is 1.